The normalized spacial score (nSPS) is 19.1. The molecule has 0 aromatic carbocycles. The van der Waals surface area contributed by atoms with Crippen LogP contribution in [0.4, 0.5) is 0 Å². The molecule has 2 N–H and O–H groups in total. The van der Waals surface area contributed by atoms with E-state index >= 15 is 0 Å². The molecule has 0 spiro atoms. The molecule has 1 aromatic heterocycles. The second-order valence-electron chi connectivity index (χ2n) is 4.71. The molecule has 0 unspecified atom stereocenters. The Hall–Kier alpha value is -0.450. The summed E-state index contributed by atoms with van der Waals surface area (Å²) in [7, 11) is 0. The third-order valence-electron chi connectivity index (χ3n) is 3.33. The van der Waals surface area contributed by atoms with Crippen molar-refractivity contribution in [2.45, 2.75) is 32.7 Å². The third kappa shape index (κ3) is 3.27. The van der Waals surface area contributed by atoms with E-state index in [0.717, 1.165) is 24.6 Å². The first kappa shape index (κ1) is 12.0. The van der Waals surface area contributed by atoms with Gasteiger partial charge < -0.3 is 10.6 Å². The van der Waals surface area contributed by atoms with Gasteiger partial charge >= 0.3 is 0 Å². The summed E-state index contributed by atoms with van der Waals surface area (Å²) in [4.78, 5) is 7.05. The van der Waals surface area contributed by atoms with Crippen LogP contribution in [0.5, 0.6) is 0 Å². The Morgan fingerprint density at radius 1 is 1.50 bits per heavy atom. The summed E-state index contributed by atoms with van der Waals surface area (Å²) in [5.41, 5.74) is 6.59. The molecule has 1 aromatic rings. The summed E-state index contributed by atoms with van der Waals surface area (Å²) in [6, 6.07) is 0. The first-order chi connectivity index (χ1) is 7.78. The van der Waals surface area contributed by atoms with Crippen molar-refractivity contribution in [1.29, 1.82) is 0 Å². The van der Waals surface area contributed by atoms with Crippen LogP contribution in [0.1, 0.15) is 30.5 Å². The number of nitrogens with zero attached hydrogens (tertiary/aromatic N) is 2. The molecule has 90 valence electrons. The molecule has 4 heteroatoms. The lowest BCUT2D eigenvalue weighted by Crippen LogP contribution is -2.34. The average molecular weight is 239 g/mol. The van der Waals surface area contributed by atoms with Crippen LogP contribution in [0.25, 0.3) is 0 Å². The van der Waals surface area contributed by atoms with Crippen molar-refractivity contribution in [2.24, 2.45) is 11.7 Å². The van der Waals surface area contributed by atoms with E-state index in [0.29, 0.717) is 6.54 Å². The molecule has 0 bridgehead atoms. The van der Waals surface area contributed by atoms with E-state index in [1.165, 1.54) is 30.9 Å². The molecule has 2 rings (SSSR count). The van der Waals surface area contributed by atoms with Gasteiger partial charge in [0, 0.05) is 24.9 Å². The molecule has 0 amide bonds. The first-order valence-electron chi connectivity index (χ1n) is 6.13. The number of aromatic nitrogens is 1. The van der Waals surface area contributed by atoms with Crippen molar-refractivity contribution in [3.05, 3.63) is 16.1 Å². The first-order valence-corrected chi connectivity index (χ1v) is 7.01. The second kappa shape index (κ2) is 5.75. The largest absolute Gasteiger partial charge is 0.325 e. The average Bonchev–Trinajstić information content (AvgIpc) is 2.76. The SMILES string of the molecule is CC1CCN(CCc2nc(CN)cs2)CC1. The van der Waals surface area contributed by atoms with Crippen molar-refractivity contribution in [1.82, 2.24) is 9.88 Å². The predicted molar refractivity (Wildman–Crippen MR) is 68.5 cm³/mol. The minimum atomic E-state index is 0.567. The Kier molecular flexibility index (Phi) is 4.32. The molecule has 3 nitrogen and oxygen atoms in total. The Morgan fingerprint density at radius 3 is 2.88 bits per heavy atom. The highest BCUT2D eigenvalue weighted by Crippen LogP contribution is 2.17. The van der Waals surface area contributed by atoms with E-state index < -0.39 is 0 Å². The van der Waals surface area contributed by atoms with E-state index in [1.807, 2.05) is 0 Å². The molecule has 1 saturated heterocycles. The van der Waals surface area contributed by atoms with Crippen LogP contribution in [0.3, 0.4) is 0 Å². The van der Waals surface area contributed by atoms with Crippen LogP contribution in [0, 0.1) is 5.92 Å². The van der Waals surface area contributed by atoms with Gasteiger partial charge in [0.05, 0.1) is 10.7 Å². The topological polar surface area (TPSA) is 42.2 Å². The molecular weight excluding hydrogens is 218 g/mol. The van der Waals surface area contributed by atoms with Gasteiger partial charge in [0.25, 0.3) is 0 Å². The summed E-state index contributed by atoms with van der Waals surface area (Å²) in [6.45, 7) is 6.60. The lowest BCUT2D eigenvalue weighted by Gasteiger charge is -2.29. The molecule has 1 aliphatic rings. The minimum absolute atomic E-state index is 0.567. The van der Waals surface area contributed by atoms with Crippen molar-refractivity contribution in [3.63, 3.8) is 0 Å². The number of piperidine rings is 1. The van der Waals surface area contributed by atoms with Crippen molar-refractivity contribution >= 4 is 11.3 Å². The Morgan fingerprint density at radius 2 is 2.25 bits per heavy atom. The van der Waals surface area contributed by atoms with Gasteiger partial charge in [-0.25, -0.2) is 4.98 Å². The highest BCUT2D eigenvalue weighted by Gasteiger charge is 2.15. The van der Waals surface area contributed by atoms with Crippen LogP contribution in [0.2, 0.25) is 0 Å². The Balaban J connectivity index is 1.74. The molecule has 16 heavy (non-hydrogen) atoms. The maximum absolute atomic E-state index is 5.55. The van der Waals surface area contributed by atoms with E-state index in [4.69, 9.17) is 5.73 Å². The van der Waals surface area contributed by atoms with Crippen molar-refractivity contribution in [3.8, 4) is 0 Å². The van der Waals surface area contributed by atoms with Gasteiger partial charge in [0.2, 0.25) is 0 Å². The monoisotopic (exact) mass is 239 g/mol. The maximum atomic E-state index is 5.55. The lowest BCUT2D eigenvalue weighted by atomic mass is 9.99. The quantitative estimate of drug-likeness (QED) is 0.872. The maximum Gasteiger partial charge on any atom is 0.0941 e. The zero-order chi connectivity index (χ0) is 11.4. The number of hydrogen-bond donors (Lipinski definition) is 1. The summed E-state index contributed by atoms with van der Waals surface area (Å²) < 4.78 is 0. The Bertz CT molecular complexity index is 316. The summed E-state index contributed by atoms with van der Waals surface area (Å²) in [5.74, 6) is 0.917. The van der Waals surface area contributed by atoms with E-state index in [1.54, 1.807) is 11.3 Å². The van der Waals surface area contributed by atoms with E-state index in [-0.39, 0.29) is 0 Å². The van der Waals surface area contributed by atoms with Crippen LogP contribution in [-0.2, 0) is 13.0 Å². The molecule has 1 aliphatic heterocycles. The smallest absolute Gasteiger partial charge is 0.0941 e. The molecular formula is C12H21N3S. The molecule has 1 fully saturated rings. The second-order valence-corrected chi connectivity index (χ2v) is 5.65. The van der Waals surface area contributed by atoms with Gasteiger partial charge in [-0.1, -0.05) is 6.92 Å². The lowest BCUT2D eigenvalue weighted by molar-refractivity contribution is 0.194. The van der Waals surface area contributed by atoms with Gasteiger partial charge in [0.1, 0.15) is 0 Å². The van der Waals surface area contributed by atoms with Crippen LogP contribution >= 0.6 is 11.3 Å². The number of nitrogens with two attached hydrogens (primary N) is 1. The van der Waals surface area contributed by atoms with Gasteiger partial charge in [-0.3, -0.25) is 0 Å². The highest BCUT2D eigenvalue weighted by atomic mass is 32.1. The van der Waals surface area contributed by atoms with E-state index in [2.05, 4.69) is 22.2 Å². The van der Waals surface area contributed by atoms with Crippen molar-refractivity contribution < 1.29 is 0 Å². The standard InChI is InChI=1S/C12H21N3S/c1-10-2-5-15(6-3-10)7-4-12-14-11(8-13)9-16-12/h9-10H,2-8,13H2,1H3. The van der Waals surface area contributed by atoms with Crippen LogP contribution in [-0.4, -0.2) is 29.5 Å². The third-order valence-corrected chi connectivity index (χ3v) is 4.28. The summed E-state index contributed by atoms with van der Waals surface area (Å²) in [5, 5.41) is 3.31. The fraction of sp³-hybridized carbons (Fsp3) is 0.750. The number of likely N-dealkylation sites (tertiary alicyclic amines) is 1. The zero-order valence-electron chi connectivity index (χ0n) is 9.98. The van der Waals surface area contributed by atoms with Gasteiger partial charge in [0.15, 0.2) is 0 Å². The molecule has 0 aliphatic carbocycles. The zero-order valence-corrected chi connectivity index (χ0v) is 10.8. The molecule has 0 atom stereocenters. The number of thiazole rings is 1. The minimum Gasteiger partial charge on any atom is -0.325 e. The van der Waals surface area contributed by atoms with Gasteiger partial charge in [-0.15, -0.1) is 11.3 Å². The molecule has 0 saturated carbocycles. The number of hydrogen-bond acceptors (Lipinski definition) is 4. The molecule has 2 heterocycles. The fourth-order valence-corrected chi connectivity index (χ4v) is 2.90. The summed E-state index contributed by atoms with van der Waals surface area (Å²) in [6.07, 6.45) is 3.79. The summed E-state index contributed by atoms with van der Waals surface area (Å²) >= 11 is 1.75. The van der Waals surface area contributed by atoms with E-state index in [9.17, 15) is 0 Å². The van der Waals surface area contributed by atoms with Gasteiger partial charge in [-0.2, -0.15) is 0 Å². The van der Waals surface area contributed by atoms with Crippen LogP contribution in [0.15, 0.2) is 5.38 Å². The van der Waals surface area contributed by atoms with Crippen molar-refractivity contribution in [2.75, 3.05) is 19.6 Å². The Labute approximate surface area is 102 Å². The van der Waals surface area contributed by atoms with Gasteiger partial charge in [-0.05, 0) is 31.8 Å². The molecule has 0 radical (unpaired) electrons. The fourth-order valence-electron chi connectivity index (χ4n) is 2.10. The predicted octanol–water partition coefficient (Wildman–Crippen LogP) is 1.88. The number of rotatable bonds is 4. The van der Waals surface area contributed by atoms with Crippen LogP contribution < -0.4 is 5.73 Å². The highest BCUT2D eigenvalue weighted by molar-refractivity contribution is 7.09.